The van der Waals surface area contributed by atoms with Crippen LogP contribution in [-0.2, 0) is 16.1 Å². The highest BCUT2D eigenvalue weighted by Crippen LogP contribution is 2.22. The highest BCUT2D eigenvalue weighted by molar-refractivity contribution is 5.87. The van der Waals surface area contributed by atoms with Crippen LogP contribution in [0, 0.1) is 0 Å². The number of hydrogen-bond acceptors (Lipinski definition) is 2. The van der Waals surface area contributed by atoms with E-state index in [2.05, 4.69) is 24.0 Å². The van der Waals surface area contributed by atoms with Crippen molar-refractivity contribution in [3.8, 4) is 0 Å². The van der Waals surface area contributed by atoms with Gasteiger partial charge in [0.05, 0.1) is 18.8 Å². The van der Waals surface area contributed by atoms with E-state index in [0.29, 0.717) is 6.61 Å². The summed E-state index contributed by atoms with van der Waals surface area (Å²) in [5.74, 6) is -0.111. The van der Waals surface area contributed by atoms with E-state index in [1.807, 2.05) is 18.2 Å². The first-order valence-electron chi connectivity index (χ1n) is 6.88. The zero-order valence-corrected chi connectivity index (χ0v) is 11.2. The van der Waals surface area contributed by atoms with Gasteiger partial charge in [-0.25, -0.2) is 0 Å². The summed E-state index contributed by atoms with van der Waals surface area (Å²) in [5.41, 5.74) is 1.17. The predicted molar refractivity (Wildman–Crippen MR) is 75.6 cm³/mol. The molecule has 0 saturated heterocycles. The number of amides is 1. The molecule has 0 aliphatic heterocycles. The molecule has 1 N–H and O–H groups in total. The van der Waals surface area contributed by atoms with Crippen LogP contribution in [0.1, 0.15) is 31.2 Å². The van der Waals surface area contributed by atoms with Crippen molar-refractivity contribution in [1.82, 2.24) is 5.32 Å². The molecule has 2 rings (SSSR count). The molecule has 1 aromatic carbocycles. The van der Waals surface area contributed by atoms with Crippen molar-refractivity contribution < 1.29 is 9.53 Å². The van der Waals surface area contributed by atoms with E-state index >= 15 is 0 Å². The Morgan fingerprint density at radius 2 is 2.05 bits per heavy atom. The normalized spacial score (nSPS) is 22.7. The Kier molecular flexibility index (Phi) is 5.16. The van der Waals surface area contributed by atoms with Gasteiger partial charge in [0.1, 0.15) is 0 Å². The Morgan fingerprint density at radius 1 is 1.32 bits per heavy atom. The summed E-state index contributed by atoms with van der Waals surface area (Å²) < 4.78 is 5.98. The van der Waals surface area contributed by atoms with E-state index in [0.717, 1.165) is 19.3 Å². The van der Waals surface area contributed by atoms with Crippen LogP contribution >= 0.6 is 0 Å². The molecular formula is C16H21NO2. The Labute approximate surface area is 114 Å². The third kappa shape index (κ3) is 4.21. The maximum atomic E-state index is 11.4. The number of hydrogen-bond donors (Lipinski definition) is 1. The topological polar surface area (TPSA) is 38.3 Å². The lowest BCUT2D eigenvalue weighted by Gasteiger charge is -2.31. The average Bonchev–Trinajstić information content (AvgIpc) is 2.47. The number of carbonyl (C=O) groups excluding carboxylic acids is 1. The molecule has 1 aromatic rings. The summed E-state index contributed by atoms with van der Waals surface area (Å²) in [6.45, 7) is 4.09. The molecule has 102 valence electrons. The van der Waals surface area contributed by atoms with E-state index in [4.69, 9.17) is 4.74 Å². The molecule has 1 amide bonds. The summed E-state index contributed by atoms with van der Waals surface area (Å²) in [4.78, 5) is 11.4. The first kappa shape index (κ1) is 13.8. The number of carbonyl (C=O) groups is 1. The van der Waals surface area contributed by atoms with Crippen LogP contribution in [0.4, 0.5) is 0 Å². The van der Waals surface area contributed by atoms with Crippen LogP contribution in [0.5, 0.6) is 0 Å². The van der Waals surface area contributed by atoms with E-state index < -0.39 is 0 Å². The molecule has 2 atom stereocenters. The fourth-order valence-corrected chi connectivity index (χ4v) is 2.48. The maximum absolute atomic E-state index is 11.4. The minimum Gasteiger partial charge on any atom is -0.371 e. The van der Waals surface area contributed by atoms with Gasteiger partial charge in [0, 0.05) is 0 Å². The third-order valence-corrected chi connectivity index (χ3v) is 3.52. The summed E-state index contributed by atoms with van der Waals surface area (Å²) in [5, 5.41) is 2.97. The van der Waals surface area contributed by atoms with Crippen molar-refractivity contribution in [2.75, 3.05) is 0 Å². The Hall–Kier alpha value is -1.61. The number of benzene rings is 1. The van der Waals surface area contributed by atoms with Crippen molar-refractivity contribution in [2.24, 2.45) is 0 Å². The second kappa shape index (κ2) is 7.10. The van der Waals surface area contributed by atoms with Gasteiger partial charge in [0.25, 0.3) is 0 Å². The molecule has 3 nitrogen and oxygen atoms in total. The van der Waals surface area contributed by atoms with E-state index in [9.17, 15) is 4.79 Å². The molecule has 1 saturated carbocycles. The van der Waals surface area contributed by atoms with E-state index in [1.54, 1.807) is 0 Å². The Morgan fingerprint density at radius 3 is 2.79 bits per heavy atom. The molecule has 2 unspecified atom stereocenters. The Balaban J connectivity index is 1.88. The SMILES string of the molecule is C=CC(=O)NC1CCCCC1OCc1ccccc1. The first-order chi connectivity index (χ1) is 9.29. The smallest absolute Gasteiger partial charge is 0.243 e. The van der Waals surface area contributed by atoms with Crippen LogP contribution in [-0.4, -0.2) is 18.1 Å². The molecule has 19 heavy (non-hydrogen) atoms. The van der Waals surface area contributed by atoms with Gasteiger partial charge < -0.3 is 10.1 Å². The van der Waals surface area contributed by atoms with Crippen LogP contribution in [0.2, 0.25) is 0 Å². The summed E-state index contributed by atoms with van der Waals surface area (Å²) >= 11 is 0. The first-order valence-corrected chi connectivity index (χ1v) is 6.88. The fourth-order valence-electron chi connectivity index (χ4n) is 2.48. The number of rotatable bonds is 5. The zero-order chi connectivity index (χ0) is 13.5. The van der Waals surface area contributed by atoms with Crippen molar-refractivity contribution in [1.29, 1.82) is 0 Å². The summed E-state index contributed by atoms with van der Waals surface area (Å²) in [7, 11) is 0. The standard InChI is InChI=1S/C16H21NO2/c1-2-16(18)17-14-10-6-7-11-15(14)19-12-13-8-4-3-5-9-13/h2-5,8-9,14-15H,1,6-7,10-12H2,(H,17,18). The molecule has 1 aliphatic rings. The third-order valence-electron chi connectivity index (χ3n) is 3.52. The van der Waals surface area contributed by atoms with Crippen molar-refractivity contribution in [3.63, 3.8) is 0 Å². The summed E-state index contributed by atoms with van der Waals surface area (Å²) in [6.07, 6.45) is 5.74. The van der Waals surface area contributed by atoms with Gasteiger partial charge in [-0.1, -0.05) is 49.8 Å². The number of nitrogens with one attached hydrogen (secondary N) is 1. The second-order valence-electron chi connectivity index (χ2n) is 4.94. The fraction of sp³-hybridized carbons (Fsp3) is 0.438. The molecule has 0 heterocycles. The molecule has 0 spiro atoms. The van der Waals surface area contributed by atoms with Crippen molar-refractivity contribution >= 4 is 5.91 Å². The molecule has 3 heteroatoms. The van der Waals surface area contributed by atoms with Crippen LogP contribution in [0.15, 0.2) is 43.0 Å². The predicted octanol–water partition coefficient (Wildman–Crippen LogP) is 2.82. The maximum Gasteiger partial charge on any atom is 0.243 e. The van der Waals surface area contributed by atoms with E-state index in [1.165, 1.54) is 18.1 Å². The summed E-state index contributed by atoms with van der Waals surface area (Å²) in [6, 6.07) is 10.2. The average molecular weight is 259 g/mol. The van der Waals surface area contributed by atoms with Gasteiger partial charge in [-0.15, -0.1) is 0 Å². The minimum absolute atomic E-state index is 0.109. The lowest BCUT2D eigenvalue weighted by atomic mass is 9.92. The molecule has 1 fully saturated rings. The Bertz CT molecular complexity index is 416. The van der Waals surface area contributed by atoms with Gasteiger partial charge in [0.15, 0.2) is 0 Å². The van der Waals surface area contributed by atoms with Crippen molar-refractivity contribution in [3.05, 3.63) is 48.6 Å². The monoisotopic (exact) mass is 259 g/mol. The lowest BCUT2D eigenvalue weighted by molar-refractivity contribution is -0.119. The van der Waals surface area contributed by atoms with Crippen LogP contribution in [0.3, 0.4) is 0 Å². The van der Waals surface area contributed by atoms with Crippen LogP contribution < -0.4 is 5.32 Å². The van der Waals surface area contributed by atoms with Crippen molar-refractivity contribution in [2.45, 2.75) is 44.4 Å². The quantitative estimate of drug-likeness (QED) is 0.826. The van der Waals surface area contributed by atoms with Gasteiger partial charge >= 0.3 is 0 Å². The largest absolute Gasteiger partial charge is 0.371 e. The van der Waals surface area contributed by atoms with E-state index in [-0.39, 0.29) is 18.1 Å². The van der Waals surface area contributed by atoms with Gasteiger partial charge in [-0.3, -0.25) is 4.79 Å². The van der Waals surface area contributed by atoms with Crippen LogP contribution in [0.25, 0.3) is 0 Å². The molecule has 0 aromatic heterocycles. The second-order valence-corrected chi connectivity index (χ2v) is 4.94. The van der Waals surface area contributed by atoms with Gasteiger partial charge in [-0.2, -0.15) is 0 Å². The highest BCUT2D eigenvalue weighted by Gasteiger charge is 2.26. The minimum atomic E-state index is -0.111. The van der Waals surface area contributed by atoms with Gasteiger partial charge in [-0.05, 0) is 24.5 Å². The molecule has 0 bridgehead atoms. The molecular weight excluding hydrogens is 238 g/mol. The molecule has 1 aliphatic carbocycles. The zero-order valence-electron chi connectivity index (χ0n) is 11.2. The highest BCUT2D eigenvalue weighted by atomic mass is 16.5. The van der Waals surface area contributed by atoms with Gasteiger partial charge in [0.2, 0.25) is 5.91 Å². The number of ether oxygens (including phenoxy) is 1. The molecule has 0 radical (unpaired) electrons. The lowest BCUT2D eigenvalue weighted by Crippen LogP contribution is -2.45.